The van der Waals surface area contributed by atoms with Gasteiger partial charge in [-0.25, -0.2) is 4.57 Å². The number of halogens is 1. The molecule has 0 bridgehead atoms. The molecular formula is C33H53IN2O2. The van der Waals surface area contributed by atoms with Crippen LogP contribution in [0.4, 0.5) is 5.69 Å². The van der Waals surface area contributed by atoms with Crippen molar-refractivity contribution in [3.8, 4) is 5.75 Å². The van der Waals surface area contributed by atoms with Gasteiger partial charge in [0.25, 0.3) is 0 Å². The second kappa shape index (κ2) is 21.2. The second-order valence-corrected chi connectivity index (χ2v) is 10.5. The number of benzene rings is 1. The van der Waals surface area contributed by atoms with Crippen molar-refractivity contribution in [3.63, 3.8) is 0 Å². The number of ether oxygens (including phenoxy) is 1. The Bertz CT molecular complexity index is 902. The van der Waals surface area contributed by atoms with E-state index in [-0.39, 0.29) is 29.9 Å². The van der Waals surface area contributed by atoms with E-state index in [1.54, 1.807) is 6.92 Å². The SMILES string of the molecule is CCCCCCCCCCCCCCCCOc1ccc(N(Cc2cccc[n+]2CC)C(C)=O)c(C)c1.[I-]. The van der Waals surface area contributed by atoms with E-state index < -0.39 is 0 Å². The van der Waals surface area contributed by atoms with Gasteiger partial charge in [-0.3, -0.25) is 4.79 Å². The summed E-state index contributed by atoms with van der Waals surface area (Å²) in [6, 6.07) is 12.2. The molecule has 0 radical (unpaired) electrons. The molecule has 1 aromatic heterocycles. The monoisotopic (exact) mass is 636 g/mol. The summed E-state index contributed by atoms with van der Waals surface area (Å²) in [5.41, 5.74) is 3.13. The van der Waals surface area contributed by atoms with E-state index in [1.807, 2.05) is 29.2 Å². The Morgan fingerprint density at radius 3 is 1.92 bits per heavy atom. The van der Waals surface area contributed by atoms with Crippen LogP contribution in [0, 0.1) is 6.92 Å². The van der Waals surface area contributed by atoms with Crippen LogP contribution in [0.25, 0.3) is 0 Å². The Morgan fingerprint density at radius 1 is 0.816 bits per heavy atom. The number of anilines is 1. The minimum absolute atomic E-state index is 0. The molecule has 1 amide bonds. The van der Waals surface area contributed by atoms with Crippen LogP contribution in [0.15, 0.2) is 42.6 Å². The Labute approximate surface area is 250 Å². The van der Waals surface area contributed by atoms with Gasteiger partial charge in [-0.05, 0) is 44.0 Å². The van der Waals surface area contributed by atoms with E-state index in [0.29, 0.717) is 6.54 Å². The number of nitrogens with zero attached hydrogens (tertiary/aromatic N) is 2. The lowest BCUT2D eigenvalue weighted by molar-refractivity contribution is -0.700. The van der Waals surface area contributed by atoms with Crippen LogP contribution in [0.1, 0.15) is 122 Å². The molecule has 0 N–H and O–H groups in total. The van der Waals surface area contributed by atoms with Gasteiger partial charge in [0, 0.05) is 24.7 Å². The molecule has 214 valence electrons. The zero-order valence-corrected chi connectivity index (χ0v) is 26.8. The van der Waals surface area contributed by atoms with Gasteiger partial charge in [-0.1, -0.05) is 96.5 Å². The Balaban J connectivity index is 0.00000722. The maximum atomic E-state index is 12.5. The molecule has 0 fully saturated rings. The molecule has 38 heavy (non-hydrogen) atoms. The minimum atomic E-state index is 0. The van der Waals surface area contributed by atoms with Gasteiger partial charge in [0.15, 0.2) is 6.20 Å². The lowest BCUT2D eigenvalue weighted by Crippen LogP contribution is -3.00. The highest BCUT2D eigenvalue weighted by molar-refractivity contribution is 5.92. The molecule has 0 aliphatic rings. The molecule has 4 nitrogen and oxygen atoms in total. The van der Waals surface area contributed by atoms with Crippen LogP contribution in [-0.4, -0.2) is 12.5 Å². The van der Waals surface area contributed by atoms with Crippen molar-refractivity contribution in [3.05, 3.63) is 53.9 Å². The predicted molar refractivity (Wildman–Crippen MR) is 156 cm³/mol. The van der Waals surface area contributed by atoms with Gasteiger partial charge in [0.05, 0.1) is 6.61 Å². The average Bonchev–Trinajstić information content (AvgIpc) is 2.90. The largest absolute Gasteiger partial charge is 1.00 e. The zero-order chi connectivity index (χ0) is 26.7. The zero-order valence-electron chi connectivity index (χ0n) is 24.7. The summed E-state index contributed by atoms with van der Waals surface area (Å²) >= 11 is 0. The third-order valence-corrected chi connectivity index (χ3v) is 7.30. The van der Waals surface area contributed by atoms with E-state index in [9.17, 15) is 4.79 Å². The van der Waals surface area contributed by atoms with Gasteiger partial charge in [-0.15, -0.1) is 0 Å². The predicted octanol–water partition coefficient (Wildman–Crippen LogP) is 5.72. The van der Waals surface area contributed by atoms with Crippen molar-refractivity contribution in [2.24, 2.45) is 0 Å². The topological polar surface area (TPSA) is 33.4 Å². The standard InChI is InChI=1S/C33H53N2O2.HI/c1-5-7-8-9-10-11-12-13-14-15-16-17-18-21-26-37-32-23-24-33(29(3)27-32)35(30(4)36)28-31-22-19-20-25-34(31)6-2;/h19-20,22-25,27H,5-18,21,26,28H2,1-4H3;1H/q+1;/p-1. The Hall–Kier alpha value is -1.63. The first-order valence-electron chi connectivity index (χ1n) is 15.1. The first-order chi connectivity index (χ1) is 18.1. The summed E-state index contributed by atoms with van der Waals surface area (Å²) in [5, 5.41) is 0. The summed E-state index contributed by atoms with van der Waals surface area (Å²) < 4.78 is 8.22. The van der Waals surface area contributed by atoms with Crippen molar-refractivity contribution in [2.45, 2.75) is 131 Å². The van der Waals surface area contributed by atoms with E-state index in [1.165, 1.54) is 83.5 Å². The van der Waals surface area contributed by atoms with Crippen LogP contribution in [0.5, 0.6) is 5.75 Å². The Kier molecular flexibility index (Phi) is 19.2. The molecule has 0 aliphatic carbocycles. The van der Waals surface area contributed by atoms with Gasteiger partial charge in [0.1, 0.15) is 18.8 Å². The third kappa shape index (κ3) is 13.4. The number of carbonyl (C=O) groups is 1. The van der Waals surface area contributed by atoms with Gasteiger partial charge in [0.2, 0.25) is 11.6 Å². The van der Waals surface area contributed by atoms with Crippen molar-refractivity contribution >= 4 is 11.6 Å². The van der Waals surface area contributed by atoms with Crippen molar-refractivity contribution in [1.29, 1.82) is 0 Å². The fraction of sp³-hybridized carbons (Fsp3) is 0.636. The lowest BCUT2D eigenvalue weighted by atomic mass is 10.0. The van der Waals surface area contributed by atoms with E-state index in [2.05, 4.69) is 43.7 Å². The van der Waals surface area contributed by atoms with Gasteiger partial charge in [-0.2, -0.15) is 0 Å². The highest BCUT2D eigenvalue weighted by Crippen LogP contribution is 2.26. The molecule has 0 atom stereocenters. The molecule has 0 saturated carbocycles. The number of rotatable bonds is 20. The average molecular weight is 637 g/mol. The highest BCUT2D eigenvalue weighted by Gasteiger charge is 2.19. The fourth-order valence-corrected chi connectivity index (χ4v) is 5.00. The number of carbonyl (C=O) groups excluding carboxylic acids is 1. The van der Waals surface area contributed by atoms with Gasteiger partial charge < -0.3 is 33.6 Å². The van der Waals surface area contributed by atoms with E-state index in [4.69, 9.17) is 4.74 Å². The molecule has 1 aromatic carbocycles. The van der Waals surface area contributed by atoms with Crippen LogP contribution in [0.3, 0.4) is 0 Å². The maximum Gasteiger partial charge on any atom is 0.224 e. The molecule has 0 aliphatic heterocycles. The number of aromatic nitrogens is 1. The number of hydrogen-bond donors (Lipinski definition) is 0. The number of unbranched alkanes of at least 4 members (excludes halogenated alkanes) is 13. The molecule has 0 saturated heterocycles. The molecule has 2 aromatic rings. The lowest BCUT2D eigenvalue weighted by Gasteiger charge is -2.22. The van der Waals surface area contributed by atoms with Crippen LogP contribution in [0.2, 0.25) is 0 Å². The minimum Gasteiger partial charge on any atom is -1.00 e. The van der Waals surface area contributed by atoms with E-state index in [0.717, 1.165) is 42.3 Å². The summed E-state index contributed by atoms with van der Waals surface area (Å²) in [5.74, 6) is 0.938. The summed E-state index contributed by atoms with van der Waals surface area (Å²) in [6.45, 7) is 10.3. The molecular weight excluding hydrogens is 583 g/mol. The van der Waals surface area contributed by atoms with Gasteiger partial charge >= 0.3 is 0 Å². The van der Waals surface area contributed by atoms with Crippen LogP contribution < -0.4 is 38.2 Å². The number of aryl methyl sites for hydroxylation is 2. The molecule has 0 unspecified atom stereocenters. The summed E-state index contributed by atoms with van der Waals surface area (Å²) in [7, 11) is 0. The highest BCUT2D eigenvalue weighted by atomic mass is 127. The normalized spacial score (nSPS) is 10.7. The fourth-order valence-electron chi connectivity index (χ4n) is 5.00. The molecule has 1 heterocycles. The number of hydrogen-bond acceptors (Lipinski definition) is 2. The first-order valence-corrected chi connectivity index (χ1v) is 15.1. The van der Waals surface area contributed by atoms with Crippen molar-refractivity contribution in [2.75, 3.05) is 11.5 Å². The molecule has 2 rings (SSSR count). The quantitative estimate of drug-likeness (QED) is 0.106. The summed E-state index contributed by atoms with van der Waals surface area (Å²) in [4.78, 5) is 14.4. The Morgan fingerprint density at radius 2 is 1.39 bits per heavy atom. The number of amides is 1. The first kappa shape index (κ1) is 34.4. The molecule has 0 spiro atoms. The second-order valence-electron chi connectivity index (χ2n) is 10.5. The summed E-state index contributed by atoms with van der Waals surface area (Å²) in [6.07, 6.45) is 21.2. The van der Waals surface area contributed by atoms with Crippen LogP contribution >= 0.6 is 0 Å². The molecule has 5 heteroatoms. The smallest absolute Gasteiger partial charge is 0.224 e. The van der Waals surface area contributed by atoms with Crippen molar-refractivity contribution in [1.82, 2.24) is 0 Å². The van der Waals surface area contributed by atoms with Crippen molar-refractivity contribution < 1.29 is 38.1 Å². The third-order valence-electron chi connectivity index (χ3n) is 7.30. The van der Waals surface area contributed by atoms with E-state index >= 15 is 0 Å². The maximum absolute atomic E-state index is 12.5. The van der Waals surface area contributed by atoms with Crippen LogP contribution in [-0.2, 0) is 17.9 Å². The number of pyridine rings is 1.